The smallest absolute Gasteiger partial charge is 0.328 e. The zero-order valence-corrected chi connectivity index (χ0v) is 16.4. The molecular formula is C22H29NO4. The van der Waals surface area contributed by atoms with Gasteiger partial charge in [-0.3, -0.25) is 9.69 Å². The van der Waals surface area contributed by atoms with Crippen LogP contribution in [0.3, 0.4) is 0 Å². The van der Waals surface area contributed by atoms with Crippen LogP contribution in [0.25, 0.3) is 6.08 Å². The lowest BCUT2D eigenvalue weighted by Crippen LogP contribution is -2.55. The molecule has 1 amide bonds. The van der Waals surface area contributed by atoms with Crippen LogP contribution in [0.5, 0.6) is 0 Å². The molecule has 0 radical (unpaired) electrons. The van der Waals surface area contributed by atoms with Crippen molar-refractivity contribution in [3.8, 4) is 0 Å². The summed E-state index contributed by atoms with van der Waals surface area (Å²) in [5.74, 6) is -0.753. The van der Waals surface area contributed by atoms with E-state index in [1.165, 1.54) is 11.0 Å². The van der Waals surface area contributed by atoms with Crippen LogP contribution < -0.4 is 0 Å². The highest BCUT2D eigenvalue weighted by molar-refractivity contribution is 5.95. The molecule has 1 aromatic carbocycles. The Morgan fingerprint density at radius 3 is 2.37 bits per heavy atom. The number of carboxylic acids is 1. The van der Waals surface area contributed by atoms with Gasteiger partial charge in [-0.1, -0.05) is 51.1 Å². The Balaban J connectivity index is 1.81. The average Bonchev–Trinajstić information content (AvgIpc) is 2.99. The number of benzene rings is 1. The lowest BCUT2D eigenvalue weighted by atomic mass is 9.70. The van der Waals surface area contributed by atoms with Crippen LogP contribution in [0.2, 0.25) is 0 Å². The quantitative estimate of drug-likeness (QED) is 0.817. The summed E-state index contributed by atoms with van der Waals surface area (Å²) >= 11 is 0. The monoisotopic (exact) mass is 371 g/mol. The summed E-state index contributed by atoms with van der Waals surface area (Å²) in [4.78, 5) is 26.2. The molecule has 1 unspecified atom stereocenters. The summed E-state index contributed by atoms with van der Waals surface area (Å²) in [7, 11) is 0. The van der Waals surface area contributed by atoms with Crippen LogP contribution in [0.15, 0.2) is 36.4 Å². The fourth-order valence-corrected chi connectivity index (χ4v) is 4.33. The molecule has 0 aromatic heterocycles. The van der Waals surface area contributed by atoms with E-state index >= 15 is 0 Å². The average molecular weight is 371 g/mol. The van der Waals surface area contributed by atoms with E-state index < -0.39 is 17.7 Å². The molecule has 5 nitrogen and oxygen atoms in total. The van der Waals surface area contributed by atoms with E-state index in [0.717, 1.165) is 18.4 Å². The third-order valence-electron chi connectivity index (χ3n) is 5.99. The van der Waals surface area contributed by atoms with Crippen molar-refractivity contribution < 1.29 is 19.4 Å². The summed E-state index contributed by atoms with van der Waals surface area (Å²) in [6, 6.07) is 8.60. The summed E-state index contributed by atoms with van der Waals surface area (Å²) < 4.78 is 5.99. The maximum absolute atomic E-state index is 13.0. The summed E-state index contributed by atoms with van der Waals surface area (Å²) in [6.07, 6.45) is 6.43. The number of amides is 1. The lowest BCUT2D eigenvalue weighted by Gasteiger charge is -2.45. The van der Waals surface area contributed by atoms with Gasteiger partial charge in [0, 0.05) is 6.08 Å². The highest BCUT2D eigenvalue weighted by Crippen LogP contribution is 2.47. The molecule has 1 aliphatic heterocycles. The van der Waals surface area contributed by atoms with Gasteiger partial charge >= 0.3 is 5.97 Å². The predicted octanol–water partition coefficient (Wildman–Crippen LogP) is 3.94. The number of carbonyl (C=O) groups is 2. The maximum Gasteiger partial charge on any atom is 0.328 e. The van der Waals surface area contributed by atoms with E-state index in [9.17, 15) is 14.7 Å². The number of aliphatic carboxylic acids is 1. The summed E-state index contributed by atoms with van der Waals surface area (Å²) in [5.41, 5.74) is 0.320. The third kappa shape index (κ3) is 4.08. The van der Waals surface area contributed by atoms with E-state index in [4.69, 9.17) is 4.74 Å². The SMILES string of the molecule is CC(C)(C)C1CCC2(CC1)OCC(C(=O)O)N2C(=O)/C=C\c1ccccc1. The van der Waals surface area contributed by atoms with Crippen LogP contribution in [0.4, 0.5) is 0 Å². The minimum absolute atomic E-state index is 0.0560. The van der Waals surface area contributed by atoms with E-state index in [2.05, 4.69) is 20.8 Å². The molecule has 5 heteroatoms. The second kappa shape index (κ2) is 7.47. The largest absolute Gasteiger partial charge is 0.480 e. The number of hydrogen-bond acceptors (Lipinski definition) is 3. The van der Waals surface area contributed by atoms with Gasteiger partial charge in [0.15, 0.2) is 6.04 Å². The first-order chi connectivity index (χ1) is 12.7. The van der Waals surface area contributed by atoms with Crippen molar-refractivity contribution in [3.63, 3.8) is 0 Å². The van der Waals surface area contributed by atoms with Crippen molar-refractivity contribution in [2.45, 2.75) is 58.2 Å². The standard InChI is InChI=1S/C22H29NO4/c1-21(2,3)17-11-13-22(14-12-17)23(18(15-27-22)20(25)26)19(24)10-9-16-7-5-4-6-8-16/h4-10,17-18H,11-15H2,1-3H3,(H,25,26)/b10-9-. The molecule has 0 bridgehead atoms. The van der Waals surface area contributed by atoms with E-state index in [-0.39, 0.29) is 17.9 Å². The number of rotatable bonds is 3. The van der Waals surface area contributed by atoms with E-state index in [1.807, 2.05) is 30.3 Å². The first-order valence-electron chi connectivity index (χ1n) is 9.66. The van der Waals surface area contributed by atoms with Crippen LogP contribution in [0, 0.1) is 11.3 Å². The Morgan fingerprint density at radius 2 is 1.81 bits per heavy atom. The molecule has 1 saturated carbocycles. The molecule has 2 fully saturated rings. The molecule has 1 aromatic rings. The number of hydrogen-bond donors (Lipinski definition) is 1. The Bertz CT molecular complexity index is 712. The number of ether oxygens (including phenoxy) is 1. The highest BCUT2D eigenvalue weighted by Gasteiger charge is 2.54. The number of nitrogens with zero attached hydrogens (tertiary/aromatic N) is 1. The molecular weight excluding hydrogens is 342 g/mol. The zero-order chi connectivity index (χ0) is 19.7. The Kier molecular flexibility index (Phi) is 5.43. The zero-order valence-electron chi connectivity index (χ0n) is 16.4. The van der Waals surface area contributed by atoms with Crippen molar-refractivity contribution in [3.05, 3.63) is 42.0 Å². The van der Waals surface area contributed by atoms with Gasteiger partial charge in [-0.25, -0.2) is 4.79 Å². The summed E-state index contributed by atoms with van der Waals surface area (Å²) in [6.45, 7) is 6.75. The molecule has 1 spiro atoms. The van der Waals surface area contributed by atoms with Gasteiger partial charge in [-0.15, -0.1) is 0 Å². The van der Waals surface area contributed by atoms with Crippen molar-refractivity contribution >= 4 is 18.0 Å². The Labute approximate surface area is 161 Å². The van der Waals surface area contributed by atoms with Gasteiger partial charge in [0.25, 0.3) is 0 Å². The van der Waals surface area contributed by atoms with Crippen LogP contribution in [0.1, 0.15) is 52.0 Å². The highest BCUT2D eigenvalue weighted by atomic mass is 16.5. The van der Waals surface area contributed by atoms with Gasteiger partial charge < -0.3 is 9.84 Å². The Morgan fingerprint density at radius 1 is 1.19 bits per heavy atom. The van der Waals surface area contributed by atoms with Crippen molar-refractivity contribution in [2.75, 3.05) is 6.61 Å². The first-order valence-corrected chi connectivity index (χ1v) is 9.66. The second-order valence-electron chi connectivity index (χ2n) is 8.70. The van der Waals surface area contributed by atoms with Gasteiger partial charge in [0.05, 0.1) is 6.61 Å². The molecule has 1 aliphatic carbocycles. The van der Waals surface area contributed by atoms with Crippen LogP contribution in [-0.4, -0.2) is 40.3 Å². The van der Waals surface area contributed by atoms with Crippen LogP contribution in [-0.2, 0) is 14.3 Å². The second-order valence-corrected chi connectivity index (χ2v) is 8.70. The van der Waals surface area contributed by atoms with E-state index in [1.54, 1.807) is 6.08 Å². The van der Waals surface area contributed by atoms with Gasteiger partial charge in [-0.2, -0.15) is 0 Å². The predicted molar refractivity (Wildman–Crippen MR) is 104 cm³/mol. The summed E-state index contributed by atoms with van der Waals surface area (Å²) in [5, 5.41) is 9.62. The number of carboxylic acid groups (broad SMARTS) is 1. The topological polar surface area (TPSA) is 66.8 Å². The lowest BCUT2D eigenvalue weighted by molar-refractivity contribution is -0.162. The first kappa shape index (κ1) is 19.6. The molecule has 1 N–H and O–H groups in total. The minimum Gasteiger partial charge on any atom is -0.480 e. The van der Waals surface area contributed by atoms with Crippen LogP contribution >= 0.6 is 0 Å². The van der Waals surface area contributed by atoms with Gasteiger partial charge in [0.1, 0.15) is 5.72 Å². The van der Waals surface area contributed by atoms with Crippen molar-refractivity contribution in [2.24, 2.45) is 11.3 Å². The molecule has 1 atom stereocenters. The van der Waals surface area contributed by atoms with Crippen molar-refractivity contribution in [1.29, 1.82) is 0 Å². The molecule has 2 aliphatic rings. The molecule has 146 valence electrons. The Hall–Kier alpha value is -2.14. The van der Waals surface area contributed by atoms with E-state index in [0.29, 0.717) is 18.8 Å². The fourth-order valence-electron chi connectivity index (χ4n) is 4.33. The normalized spacial score (nSPS) is 28.8. The fraction of sp³-hybridized carbons (Fsp3) is 0.545. The minimum atomic E-state index is -1.01. The molecule has 27 heavy (non-hydrogen) atoms. The molecule has 1 saturated heterocycles. The van der Waals surface area contributed by atoms with Crippen molar-refractivity contribution in [1.82, 2.24) is 4.90 Å². The van der Waals surface area contributed by atoms with Gasteiger partial charge in [0.2, 0.25) is 5.91 Å². The maximum atomic E-state index is 13.0. The molecule has 1 heterocycles. The van der Waals surface area contributed by atoms with Gasteiger partial charge in [-0.05, 0) is 48.7 Å². The number of carbonyl (C=O) groups excluding carboxylic acids is 1. The molecule has 3 rings (SSSR count). The third-order valence-corrected chi connectivity index (χ3v) is 5.99.